The lowest BCUT2D eigenvalue weighted by Crippen LogP contribution is -2.31. The molecule has 1 aliphatic rings. The molecule has 3 heteroatoms. The number of nitrogens with one attached hydrogen (secondary N) is 1. The number of benzene rings is 1. The molecule has 0 heterocycles. The third-order valence-corrected chi connectivity index (χ3v) is 3.67. The molecule has 1 aliphatic carbocycles. The summed E-state index contributed by atoms with van der Waals surface area (Å²) in [6, 6.07) is 9.23. The van der Waals surface area contributed by atoms with Crippen LogP contribution in [0, 0.1) is 0 Å². The first-order valence-corrected chi connectivity index (χ1v) is 7.33. The first kappa shape index (κ1) is 14.4. The van der Waals surface area contributed by atoms with E-state index in [1.54, 1.807) is 7.11 Å². The van der Waals surface area contributed by atoms with Crippen LogP contribution in [0.25, 0.3) is 0 Å². The second-order valence-corrected chi connectivity index (χ2v) is 5.48. The van der Waals surface area contributed by atoms with Gasteiger partial charge in [-0.1, -0.05) is 12.1 Å². The number of aryl methyl sites for hydroxylation is 1. The highest BCUT2D eigenvalue weighted by molar-refractivity contribution is 5.27. The van der Waals surface area contributed by atoms with Crippen LogP contribution >= 0.6 is 0 Å². The number of methoxy groups -OCH3 is 1. The lowest BCUT2D eigenvalue weighted by molar-refractivity contribution is 0.326. The molecule has 0 spiro atoms. The summed E-state index contributed by atoms with van der Waals surface area (Å²) in [7, 11) is 3.92. The van der Waals surface area contributed by atoms with Gasteiger partial charge in [0.05, 0.1) is 7.11 Å². The Kier molecular flexibility index (Phi) is 5.67. The maximum atomic E-state index is 5.17. The molecule has 19 heavy (non-hydrogen) atoms. The van der Waals surface area contributed by atoms with Crippen molar-refractivity contribution in [2.75, 3.05) is 33.8 Å². The SMILES string of the molecule is COc1ccc(CCCN(C)CCNC2CC2)cc1. The van der Waals surface area contributed by atoms with Gasteiger partial charge in [0.1, 0.15) is 5.75 Å². The van der Waals surface area contributed by atoms with Crippen molar-refractivity contribution in [1.82, 2.24) is 10.2 Å². The number of likely N-dealkylation sites (N-methyl/N-ethyl adjacent to an activating group) is 1. The summed E-state index contributed by atoms with van der Waals surface area (Å²) in [5, 5.41) is 3.55. The fourth-order valence-corrected chi connectivity index (χ4v) is 2.20. The monoisotopic (exact) mass is 262 g/mol. The van der Waals surface area contributed by atoms with Crippen LogP contribution in [0.3, 0.4) is 0 Å². The summed E-state index contributed by atoms with van der Waals surface area (Å²) in [5.74, 6) is 0.937. The van der Waals surface area contributed by atoms with Crippen LogP contribution in [-0.2, 0) is 6.42 Å². The van der Waals surface area contributed by atoms with Gasteiger partial charge in [-0.2, -0.15) is 0 Å². The van der Waals surface area contributed by atoms with E-state index in [-0.39, 0.29) is 0 Å². The molecule has 1 aromatic carbocycles. The smallest absolute Gasteiger partial charge is 0.118 e. The molecular weight excluding hydrogens is 236 g/mol. The van der Waals surface area contributed by atoms with E-state index < -0.39 is 0 Å². The van der Waals surface area contributed by atoms with Crippen LogP contribution in [0.1, 0.15) is 24.8 Å². The number of nitrogens with zero attached hydrogens (tertiary/aromatic N) is 1. The van der Waals surface area contributed by atoms with Crippen molar-refractivity contribution >= 4 is 0 Å². The number of hydrogen-bond donors (Lipinski definition) is 1. The highest BCUT2D eigenvalue weighted by Gasteiger charge is 2.19. The Bertz CT molecular complexity index is 360. The lowest BCUT2D eigenvalue weighted by Gasteiger charge is -2.16. The summed E-state index contributed by atoms with van der Waals surface area (Å²) in [4.78, 5) is 2.42. The molecule has 2 rings (SSSR count). The van der Waals surface area contributed by atoms with Crippen molar-refractivity contribution in [3.05, 3.63) is 29.8 Å². The van der Waals surface area contributed by atoms with Crippen LogP contribution in [0.2, 0.25) is 0 Å². The van der Waals surface area contributed by atoms with E-state index in [9.17, 15) is 0 Å². The zero-order valence-electron chi connectivity index (χ0n) is 12.2. The Morgan fingerprint density at radius 2 is 1.95 bits per heavy atom. The Balaban J connectivity index is 1.56. The largest absolute Gasteiger partial charge is 0.497 e. The minimum Gasteiger partial charge on any atom is -0.497 e. The first-order chi connectivity index (χ1) is 9.28. The van der Waals surface area contributed by atoms with Crippen LogP contribution in [0.4, 0.5) is 0 Å². The predicted molar refractivity (Wildman–Crippen MR) is 79.8 cm³/mol. The lowest BCUT2D eigenvalue weighted by atomic mass is 10.1. The van der Waals surface area contributed by atoms with Gasteiger partial charge in [-0.3, -0.25) is 0 Å². The van der Waals surface area contributed by atoms with E-state index in [1.165, 1.54) is 31.4 Å². The molecule has 1 saturated carbocycles. The summed E-state index contributed by atoms with van der Waals surface area (Å²) in [6.45, 7) is 3.45. The summed E-state index contributed by atoms with van der Waals surface area (Å²) >= 11 is 0. The van der Waals surface area contributed by atoms with E-state index >= 15 is 0 Å². The third-order valence-electron chi connectivity index (χ3n) is 3.67. The summed E-state index contributed by atoms with van der Waals surface area (Å²) in [5.41, 5.74) is 1.39. The Morgan fingerprint density at radius 1 is 1.21 bits per heavy atom. The maximum Gasteiger partial charge on any atom is 0.118 e. The molecule has 0 aliphatic heterocycles. The van der Waals surface area contributed by atoms with Gasteiger partial charge in [-0.15, -0.1) is 0 Å². The molecule has 0 amide bonds. The number of ether oxygens (including phenoxy) is 1. The molecule has 0 radical (unpaired) electrons. The maximum absolute atomic E-state index is 5.17. The standard InChI is InChI=1S/C16H26N2O/c1-18(13-11-17-15-7-8-15)12-3-4-14-5-9-16(19-2)10-6-14/h5-6,9-10,15,17H,3-4,7-8,11-13H2,1-2H3. The fraction of sp³-hybridized carbons (Fsp3) is 0.625. The van der Waals surface area contributed by atoms with E-state index in [1.807, 2.05) is 12.1 Å². The van der Waals surface area contributed by atoms with Crippen LogP contribution in [0.5, 0.6) is 5.75 Å². The minimum atomic E-state index is 0.827. The molecular formula is C16H26N2O. The van der Waals surface area contributed by atoms with E-state index in [0.717, 1.165) is 31.3 Å². The van der Waals surface area contributed by atoms with Gasteiger partial charge in [-0.05, 0) is 57.0 Å². The van der Waals surface area contributed by atoms with Crippen molar-refractivity contribution in [2.45, 2.75) is 31.7 Å². The number of hydrogen-bond acceptors (Lipinski definition) is 3. The topological polar surface area (TPSA) is 24.5 Å². The van der Waals surface area contributed by atoms with Crippen molar-refractivity contribution in [1.29, 1.82) is 0 Å². The van der Waals surface area contributed by atoms with Gasteiger partial charge in [0, 0.05) is 19.1 Å². The molecule has 0 saturated heterocycles. The Hall–Kier alpha value is -1.06. The molecule has 106 valence electrons. The van der Waals surface area contributed by atoms with Gasteiger partial charge < -0.3 is 15.0 Å². The third kappa shape index (κ3) is 5.62. The van der Waals surface area contributed by atoms with E-state index in [4.69, 9.17) is 4.74 Å². The second-order valence-electron chi connectivity index (χ2n) is 5.48. The molecule has 0 aromatic heterocycles. The van der Waals surface area contributed by atoms with E-state index in [2.05, 4.69) is 29.4 Å². The van der Waals surface area contributed by atoms with Crippen molar-refractivity contribution in [2.24, 2.45) is 0 Å². The van der Waals surface area contributed by atoms with Crippen LogP contribution < -0.4 is 10.1 Å². The first-order valence-electron chi connectivity index (χ1n) is 7.33. The zero-order valence-corrected chi connectivity index (χ0v) is 12.2. The molecule has 1 N–H and O–H groups in total. The molecule has 3 nitrogen and oxygen atoms in total. The molecule has 0 atom stereocenters. The molecule has 1 aromatic rings. The Labute approximate surface area is 116 Å². The predicted octanol–water partition coefficient (Wildman–Crippen LogP) is 2.31. The highest BCUT2D eigenvalue weighted by Crippen LogP contribution is 2.18. The normalized spacial score (nSPS) is 14.9. The van der Waals surface area contributed by atoms with Gasteiger partial charge in [0.15, 0.2) is 0 Å². The van der Waals surface area contributed by atoms with Gasteiger partial charge in [0.25, 0.3) is 0 Å². The van der Waals surface area contributed by atoms with E-state index in [0.29, 0.717) is 0 Å². The van der Waals surface area contributed by atoms with Gasteiger partial charge in [-0.25, -0.2) is 0 Å². The van der Waals surface area contributed by atoms with Crippen molar-refractivity contribution in [3.8, 4) is 5.75 Å². The summed E-state index contributed by atoms with van der Waals surface area (Å²) < 4.78 is 5.17. The number of rotatable bonds is 9. The fourth-order valence-electron chi connectivity index (χ4n) is 2.20. The van der Waals surface area contributed by atoms with Crippen LogP contribution in [0.15, 0.2) is 24.3 Å². The molecule has 0 bridgehead atoms. The van der Waals surface area contributed by atoms with Gasteiger partial charge in [0.2, 0.25) is 0 Å². The average molecular weight is 262 g/mol. The average Bonchev–Trinajstić information content (AvgIpc) is 3.24. The summed E-state index contributed by atoms with van der Waals surface area (Å²) in [6.07, 6.45) is 5.11. The molecule has 1 fully saturated rings. The second kappa shape index (κ2) is 7.51. The van der Waals surface area contributed by atoms with Crippen molar-refractivity contribution < 1.29 is 4.74 Å². The van der Waals surface area contributed by atoms with Crippen molar-refractivity contribution in [3.63, 3.8) is 0 Å². The van der Waals surface area contributed by atoms with Gasteiger partial charge >= 0.3 is 0 Å². The van der Waals surface area contributed by atoms with Crippen LogP contribution in [-0.4, -0.2) is 44.7 Å². The molecule has 0 unspecified atom stereocenters. The quantitative estimate of drug-likeness (QED) is 0.739. The highest BCUT2D eigenvalue weighted by atomic mass is 16.5. The zero-order chi connectivity index (χ0) is 13.5. The minimum absolute atomic E-state index is 0.827. The Morgan fingerprint density at radius 3 is 2.58 bits per heavy atom.